The summed E-state index contributed by atoms with van der Waals surface area (Å²) in [6.07, 6.45) is 1.30. The van der Waals surface area contributed by atoms with E-state index in [0.717, 1.165) is 11.5 Å². The third-order valence-electron chi connectivity index (χ3n) is 1.94. The molecular weight excluding hydrogens is 262 g/mol. The zero-order chi connectivity index (χ0) is 12.3. The maximum absolute atomic E-state index is 11.7. The van der Waals surface area contributed by atoms with Crippen molar-refractivity contribution in [3.05, 3.63) is 33.5 Å². The van der Waals surface area contributed by atoms with Crippen molar-refractivity contribution in [1.82, 2.24) is 14.9 Å². The third-order valence-corrected chi connectivity index (χ3v) is 3.54. The lowest BCUT2D eigenvalue weighted by Crippen LogP contribution is -2.32. The normalized spacial score (nSPS) is 12.0. The van der Waals surface area contributed by atoms with Crippen molar-refractivity contribution in [1.29, 1.82) is 0 Å². The number of carbonyl (C=O) groups is 2. The number of nitrogens with zero attached hydrogens (tertiary/aromatic N) is 2. The largest absolute Gasteiger partial charge is 0.479 e. The number of aromatic nitrogens is 2. The number of hydrogen-bond acceptors (Lipinski definition) is 6. The molecule has 17 heavy (non-hydrogen) atoms. The van der Waals surface area contributed by atoms with E-state index in [9.17, 15) is 9.59 Å². The zero-order valence-electron chi connectivity index (χ0n) is 8.36. The molecule has 0 radical (unpaired) electrons. The van der Waals surface area contributed by atoms with Crippen LogP contribution in [0.4, 0.5) is 0 Å². The van der Waals surface area contributed by atoms with Crippen molar-refractivity contribution in [2.45, 2.75) is 6.04 Å². The highest BCUT2D eigenvalue weighted by Crippen LogP contribution is 2.19. The summed E-state index contributed by atoms with van der Waals surface area (Å²) < 4.78 is 3.54. The van der Waals surface area contributed by atoms with Gasteiger partial charge in [-0.2, -0.15) is 0 Å². The molecule has 2 heterocycles. The lowest BCUT2D eigenvalue weighted by atomic mass is 10.2. The molecule has 6 nitrogen and oxygen atoms in total. The first-order valence-electron chi connectivity index (χ1n) is 4.53. The molecule has 1 unspecified atom stereocenters. The molecule has 0 fully saturated rings. The van der Waals surface area contributed by atoms with Crippen LogP contribution in [0.15, 0.2) is 23.7 Å². The molecule has 0 aliphatic rings. The van der Waals surface area contributed by atoms with Crippen LogP contribution in [0.25, 0.3) is 0 Å². The van der Waals surface area contributed by atoms with Gasteiger partial charge in [0.2, 0.25) is 0 Å². The molecule has 2 rings (SSSR count). The van der Waals surface area contributed by atoms with Crippen LogP contribution in [-0.2, 0) is 4.79 Å². The summed E-state index contributed by atoms with van der Waals surface area (Å²) in [7, 11) is 0. The Bertz CT molecular complexity index is 510. The number of carbonyl (C=O) groups excluding carboxylic acids is 1. The Morgan fingerprint density at radius 3 is 2.82 bits per heavy atom. The molecule has 0 saturated carbocycles. The fraction of sp³-hybridized carbons (Fsp3) is 0.111. The molecule has 0 aliphatic heterocycles. The summed E-state index contributed by atoms with van der Waals surface area (Å²) >= 11 is 2.19. The van der Waals surface area contributed by atoms with Crippen molar-refractivity contribution in [2.24, 2.45) is 0 Å². The summed E-state index contributed by atoms with van der Waals surface area (Å²) in [6.45, 7) is 0. The van der Waals surface area contributed by atoms with Gasteiger partial charge in [-0.15, -0.1) is 16.4 Å². The van der Waals surface area contributed by atoms with Crippen molar-refractivity contribution < 1.29 is 14.7 Å². The number of aliphatic carboxylic acids is 1. The lowest BCUT2D eigenvalue weighted by Gasteiger charge is -2.11. The van der Waals surface area contributed by atoms with Crippen LogP contribution >= 0.6 is 22.9 Å². The Kier molecular flexibility index (Phi) is 3.45. The molecule has 1 atom stereocenters. The molecular formula is C9H7N3O3S2. The van der Waals surface area contributed by atoms with Gasteiger partial charge < -0.3 is 10.4 Å². The van der Waals surface area contributed by atoms with Crippen molar-refractivity contribution in [3.8, 4) is 0 Å². The van der Waals surface area contributed by atoms with Gasteiger partial charge in [0.1, 0.15) is 4.88 Å². The summed E-state index contributed by atoms with van der Waals surface area (Å²) in [5.41, 5.74) is 0. The van der Waals surface area contributed by atoms with E-state index in [1.165, 1.54) is 17.5 Å². The Morgan fingerprint density at radius 2 is 2.29 bits per heavy atom. The molecule has 1 amide bonds. The van der Waals surface area contributed by atoms with E-state index in [2.05, 4.69) is 14.9 Å². The Morgan fingerprint density at radius 1 is 1.47 bits per heavy atom. The van der Waals surface area contributed by atoms with Gasteiger partial charge in [-0.05, 0) is 23.0 Å². The minimum Gasteiger partial charge on any atom is -0.479 e. The molecule has 8 heteroatoms. The second-order valence-electron chi connectivity index (χ2n) is 3.04. The maximum Gasteiger partial charge on any atom is 0.331 e. The first kappa shape index (κ1) is 11.7. The second kappa shape index (κ2) is 5.02. The van der Waals surface area contributed by atoms with Gasteiger partial charge in [0.25, 0.3) is 5.91 Å². The van der Waals surface area contributed by atoms with Crippen LogP contribution in [0.1, 0.15) is 20.6 Å². The van der Waals surface area contributed by atoms with E-state index >= 15 is 0 Å². The average molecular weight is 269 g/mol. The maximum atomic E-state index is 11.7. The molecule has 0 saturated heterocycles. The Balaban J connectivity index is 2.14. The van der Waals surface area contributed by atoms with Crippen LogP contribution in [0.2, 0.25) is 0 Å². The van der Waals surface area contributed by atoms with Gasteiger partial charge in [0.05, 0.1) is 6.20 Å². The molecule has 88 valence electrons. The number of hydrogen-bond donors (Lipinski definition) is 2. The molecule has 0 aliphatic carbocycles. The van der Waals surface area contributed by atoms with E-state index in [1.54, 1.807) is 17.5 Å². The van der Waals surface area contributed by atoms with Crippen LogP contribution < -0.4 is 5.32 Å². The van der Waals surface area contributed by atoms with Gasteiger partial charge in [0, 0.05) is 4.88 Å². The second-order valence-corrected chi connectivity index (χ2v) is 4.81. The van der Waals surface area contributed by atoms with E-state index in [4.69, 9.17) is 5.11 Å². The zero-order valence-corrected chi connectivity index (χ0v) is 9.99. The standard InChI is InChI=1S/C9H7N3O3S2/c13-8(6-4-10-12-17-6)11-7(9(14)15)5-2-1-3-16-5/h1-4,7H,(H,11,13)(H,14,15). The lowest BCUT2D eigenvalue weighted by molar-refractivity contribution is -0.139. The molecule has 2 aromatic heterocycles. The third kappa shape index (κ3) is 2.66. The minimum absolute atomic E-state index is 0.285. The molecule has 2 aromatic rings. The Hall–Kier alpha value is -1.80. The fourth-order valence-corrected chi connectivity index (χ4v) is 2.37. The smallest absolute Gasteiger partial charge is 0.331 e. The average Bonchev–Trinajstić information content (AvgIpc) is 2.97. The number of rotatable bonds is 4. The number of amides is 1. The van der Waals surface area contributed by atoms with Crippen molar-refractivity contribution >= 4 is 34.7 Å². The predicted octanol–water partition coefficient (Wildman–Crippen LogP) is 1.16. The van der Waals surface area contributed by atoms with E-state index < -0.39 is 17.9 Å². The highest BCUT2D eigenvalue weighted by atomic mass is 32.1. The molecule has 0 spiro atoms. The van der Waals surface area contributed by atoms with Gasteiger partial charge in [-0.25, -0.2) is 4.79 Å². The van der Waals surface area contributed by atoms with Crippen LogP contribution in [0.3, 0.4) is 0 Å². The van der Waals surface area contributed by atoms with Gasteiger partial charge in [-0.3, -0.25) is 4.79 Å². The SMILES string of the molecule is O=C(NC(C(=O)O)c1cccs1)c1cnns1. The molecule has 2 N–H and O–H groups in total. The molecule has 0 aromatic carbocycles. The number of carboxylic acid groups (broad SMARTS) is 1. The van der Waals surface area contributed by atoms with Crippen LogP contribution in [0, 0.1) is 0 Å². The summed E-state index contributed by atoms with van der Waals surface area (Å²) in [6, 6.07) is 2.36. The Labute approximate surface area is 104 Å². The quantitative estimate of drug-likeness (QED) is 0.868. The number of carboxylic acids is 1. The fourth-order valence-electron chi connectivity index (χ4n) is 1.18. The highest BCUT2D eigenvalue weighted by molar-refractivity contribution is 7.10. The van der Waals surface area contributed by atoms with E-state index in [0.29, 0.717) is 4.88 Å². The van der Waals surface area contributed by atoms with Gasteiger partial charge in [-0.1, -0.05) is 10.6 Å². The summed E-state index contributed by atoms with van der Waals surface area (Å²) in [4.78, 5) is 23.6. The number of nitrogens with one attached hydrogen (secondary N) is 1. The minimum atomic E-state index is -1.10. The summed E-state index contributed by atoms with van der Waals surface area (Å²) in [5, 5.41) is 16.8. The van der Waals surface area contributed by atoms with Gasteiger partial charge >= 0.3 is 5.97 Å². The number of thiophene rings is 1. The van der Waals surface area contributed by atoms with E-state index in [1.807, 2.05) is 0 Å². The van der Waals surface area contributed by atoms with Crippen molar-refractivity contribution in [3.63, 3.8) is 0 Å². The molecule has 0 bridgehead atoms. The van der Waals surface area contributed by atoms with Crippen LogP contribution in [0.5, 0.6) is 0 Å². The topological polar surface area (TPSA) is 92.2 Å². The van der Waals surface area contributed by atoms with Crippen LogP contribution in [-0.4, -0.2) is 26.6 Å². The summed E-state index contributed by atoms with van der Waals surface area (Å²) in [5.74, 6) is -1.58. The first-order chi connectivity index (χ1) is 8.18. The first-order valence-corrected chi connectivity index (χ1v) is 6.18. The van der Waals surface area contributed by atoms with Crippen molar-refractivity contribution in [2.75, 3.05) is 0 Å². The highest BCUT2D eigenvalue weighted by Gasteiger charge is 2.24. The van der Waals surface area contributed by atoms with Gasteiger partial charge in [0.15, 0.2) is 6.04 Å². The predicted molar refractivity (Wildman–Crippen MR) is 62.1 cm³/mol. The van der Waals surface area contributed by atoms with E-state index in [-0.39, 0.29) is 4.88 Å². The monoisotopic (exact) mass is 269 g/mol.